The Bertz CT molecular complexity index is 1310. The van der Waals surface area contributed by atoms with Gasteiger partial charge in [0.05, 0.1) is 28.7 Å². The average molecular weight is 422 g/mol. The van der Waals surface area contributed by atoms with Gasteiger partial charge in [0.15, 0.2) is 5.65 Å². The normalized spacial score (nSPS) is 11.4. The van der Waals surface area contributed by atoms with Crippen molar-refractivity contribution in [2.24, 2.45) is 0 Å². The molecule has 2 N–H and O–H groups in total. The molecule has 2 aromatic heterocycles. The summed E-state index contributed by atoms with van der Waals surface area (Å²) in [4.78, 5) is 16.8. The minimum Gasteiger partial charge on any atom is -0.497 e. The van der Waals surface area contributed by atoms with Gasteiger partial charge in [-0.1, -0.05) is 18.2 Å². The van der Waals surface area contributed by atoms with Crippen molar-refractivity contribution in [2.75, 3.05) is 7.11 Å². The molecule has 2 aromatic carbocycles. The summed E-state index contributed by atoms with van der Waals surface area (Å²) >= 11 is 0. The van der Waals surface area contributed by atoms with Gasteiger partial charge in [0, 0.05) is 18.1 Å². The van der Waals surface area contributed by atoms with Crippen LogP contribution in [-0.4, -0.2) is 36.6 Å². The van der Waals surface area contributed by atoms with Gasteiger partial charge >= 0.3 is 0 Å². The largest absolute Gasteiger partial charge is 0.497 e. The van der Waals surface area contributed by atoms with E-state index in [4.69, 9.17) is 4.74 Å². The number of nitrogens with zero attached hydrogens (tertiary/aromatic N) is 2. The maximum atomic E-state index is 12.8. The van der Waals surface area contributed by atoms with Crippen molar-refractivity contribution in [3.05, 3.63) is 78.1 Å². The molecular weight excluding hydrogens is 404 g/mol. The van der Waals surface area contributed by atoms with Gasteiger partial charge in [0.2, 0.25) is 9.84 Å². The van der Waals surface area contributed by atoms with E-state index in [9.17, 15) is 13.2 Å². The molecule has 8 nitrogen and oxygen atoms in total. The minimum absolute atomic E-state index is 0.157. The van der Waals surface area contributed by atoms with Gasteiger partial charge in [-0.3, -0.25) is 9.89 Å². The summed E-state index contributed by atoms with van der Waals surface area (Å²) in [7, 11) is -2.18. The van der Waals surface area contributed by atoms with Crippen LogP contribution in [0.2, 0.25) is 0 Å². The quantitative estimate of drug-likeness (QED) is 0.494. The number of carbonyl (C=O) groups excluding carboxylic acids is 1. The Kier molecular flexibility index (Phi) is 5.20. The van der Waals surface area contributed by atoms with Crippen molar-refractivity contribution in [1.82, 2.24) is 20.5 Å². The van der Waals surface area contributed by atoms with Crippen molar-refractivity contribution in [1.29, 1.82) is 0 Å². The zero-order chi connectivity index (χ0) is 21.1. The maximum Gasteiger partial charge on any atom is 0.253 e. The third-order valence-electron chi connectivity index (χ3n) is 4.59. The van der Waals surface area contributed by atoms with Gasteiger partial charge < -0.3 is 10.1 Å². The first-order valence-electron chi connectivity index (χ1n) is 9.03. The Morgan fingerprint density at radius 2 is 1.87 bits per heavy atom. The lowest BCUT2D eigenvalue weighted by atomic mass is 10.2. The van der Waals surface area contributed by atoms with Gasteiger partial charge in [-0.15, -0.1) is 0 Å². The number of rotatable bonds is 6. The molecule has 4 aromatic rings. The van der Waals surface area contributed by atoms with Crippen LogP contribution in [0.5, 0.6) is 5.75 Å². The number of amides is 1. The Hall–Kier alpha value is -3.72. The third kappa shape index (κ3) is 3.87. The summed E-state index contributed by atoms with van der Waals surface area (Å²) < 4.78 is 30.7. The minimum atomic E-state index is -3.66. The molecule has 4 rings (SSSR count). The summed E-state index contributed by atoms with van der Waals surface area (Å²) in [5, 5.41) is 10.2. The average Bonchev–Trinajstić information content (AvgIpc) is 3.25. The van der Waals surface area contributed by atoms with E-state index in [1.54, 1.807) is 36.5 Å². The van der Waals surface area contributed by atoms with E-state index in [1.807, 2.05) is 0 Å². The molecule has 0 spiro atoms. The third-order valence-corrected chi connectivity index (χ3v) is 6.36. The highest BCUT2D eigenvalue weighted by Gasteiger charge is 2.18. The molecule has 0 saturated carbocycles. The molecule has 2 heterocycles. The number of hydrogen-bond acceptors (Lipinski definition) is 6. The number of sulfone groups is 1. The summed E-state index contributed by atoms with van der Waals surface area (Å²) in [5.41, 5.74) is 1.80. The van der Waals surface area contributed by atoms with E-state index in [2.05, 4.69) is 20.5 Å². The molecule has 0 saturated heterocycles. The first-order chi connectivity index (χ1) is 14.5. The zero-order valence-electron chi connectivity index (χ0n) is 16.0. The van der Waals surface area contributed by atoms with E-state index in [1.165, 1.54) is 37.6 Å². The lowest BCUT2D eigenvalue weighted by Gasteiger charge is -2.09. The number of H-pyrrole nitrogens is 1. The van der Waals surface area contributed by atoms with Crippen molar-refractivity contribution in [2.45, 2.75) is 16.3 Å². The first kappa shape index (κ1) is 19.6. The van der Waals surface area contributed by atoms with Crippen molar-refractivity contribution < 1.29 is 17.9 Å². The highest BCUT2D eigenvalue weighted by Crippen LogP contribution is 2.24. The van der Waals surface area contributed by atoms with Crippen molar-refractivity contribution in [3.8, 4) is 5.75 Å². The van der Waals surface area contributed by atoms with E-state index >= 15 is 0 Å². The predicted octanol–water partition coefficient (Wildman–Crippen LogP) is 2.73. The second-order valence-electron chi connectivity index (χ2n) is 6.54. The van der Waals surface area contributed by atoms with Gasteiger partial charge in [-0.25, -0.2) is 13.4 Å². The fourth-order valence-corrected chi connectivity index (χ4v) is 4.23. The second-order valence-corrected chi connectivity index (χ2v) is 8.49. The molecule has 0 aliphatic heterocycles. The highest BCUT2D eigenvalue weighted by molar-refractivity contribution is 7.91. The molecule has 0 radical (unpaired) electrons. The Labute approximate surface area is 172 Å². The topological polar surface area (TPSA) is 114 Å². The first-order valence-corrected chi connectivity index (χ1v) is 10.5. The van der Waals surface area contributed by atoms with Crippen LogP contribution in [-0.2, 0) is 16.4 Å². The Morgan fingerprint density at radius 3 is 2.63 bits per heavy atom. The zero-order valence-corrected chi connectivity index (χ0v) is 16.8. The SMILES string of the molecule is COc1cccc(S(=O)(=O)c2ccc(CNC(=O)c3cnc4[nH]ncc4c3)cc2)c1. The predicted molar refractivity (Wildman–Crippen MR) is 110 cm³/mol. The number of hydrogen-bond donors (Lipinski definition) is 2. The molecule has 1 amide bonds. The fraction of sp³-hybridized carbons (Fsp3) is 0.0952. The smallest absolute Gasteiger partial charge is 0.253 e. The number of aromatic nitrogens is 3. The molecule has 0 aliphatic carbocycles. The van der Waals surface area contributed by atoms with Crippen molar-refractivity contribution >= 4 is 26.8 Å². The van der Waals surface area contributed by atoms with Crippen LogP contribution in [0.1, 0.15) is 15.9 Å². The van der Waals surface area contributed by atoms with Gasteiger partial charge in [0.25, 0.3) is 5.91 Å². The van der Waals surface area contributed by atoms with E-state index in [0.29, 0.717) is 17.0 Å². The number of aromatic amines is 1. The number of methoxy groups -OCH3 is 1. The number of pyridine rings is 1. The molecule has 0 bridgehead atoms. The summed E-state index contributed by atoms with van der Waals surface area (Å²) in [5.74, 6) is 0.192. The van der Waals surface area contributed by atoms with Crippen molar-refractivity contribution in [3.63, 3.8) is 0 Å². The van der Waals surface area contributed by atoms with Gasteiger partial charge in [-0.05, 0) is 42.0 Å². The fourth-order valence-electron chi connectivity index (χ4n) is 2.94. The van der Waals surface area contributed by atoms with Crippen LogP contribution >= 0.6 is 0 Å². The monoisotopic (exact) mass is 422 g/mol. The van der Waals surface area contributed by atoms with Crippen LogP contribution in [0, 0.1) is 0 Å². The highest BCUT2D eigenvalue weighted by atomic mass is 32.2. The van der Waals surface area contributed by atoms with Crippen LogP contribution in [0.15, 0.2) is 76.8 Å². The van der Waals surface area contributed by atoms with Crippen LogP contribution in [0.4, 0.5) is 0 Å². The molecule has 152 valence electrons. The van der Waals surface area contributed by atoms with E-state index in [-0.39, 0.29) is 22.2 Å². The second kappa shape index (κ2) is 7.96. The summed E-state index contributed by atoms with van der Waals surface area (Å²) in [6, 6.07) is 14.4. The number of ether oxygens (including phenoxy) is 1. The Balaban J connectivity index is 1.46. The molecular formula is C21H18N4O4S. The van der Waals surface area contributed by atoms with Gasteiger partial charge in [0.1, 0.15) is 5.75 Å². The summed E-state index contributed by atoms with van der Waals surface area (Å²) in [6.07, 6.45) is 3.07. The molecule has 9 heteroatoms. The van der Waals surface area contributed by atoms with E-state index in [0.717, 1.165) is 10.9 Å². The molecule has 0 unspecified atom stereocenters. The van der Waals surface area contributed by atoms with Gasteiger partial charge in [-0.2, -0.15) is 5.10 Å². The molecule has 0 fully saturated rings. The Morgan fingerprint density at radius 1 is 1.07 bits per heavy atom. The lowest BCUT2D eigenvalue weighted by molar-refractivity contribution is 0.0950. The number of benzene rings is 2. The van der Waals surface area contributed by atoms with Crippen LogP contribution < -0.4 is 10.1 Å². The molecule has 30 heavy (non-hydrogen) atoms. The number of carbonyl (C=O) groups is 1. The standard InChI is InChI=1S/C21H18N4O4S/c1-29-17-3-2-4-19(10-17)30(27,28)18-7-5-14(6-8-18)11-23-21(26)16-9-15-13-24-25-20(15)22-12-16/h2-10,12-13H,11H2,1H3,(H,23,26)(H,22,24,25). The molecule has 0 aliphatic rings. The summed E-state index contributed by atoms with van der Waals surface area (Å²) in [6.45, 7) is 0.252. The van der Waals surface area contributed by atoms with E-state index < -0.39 is 9.84 Å². The number of nitrogens with one attached hydrogen (secondary N) is 2. The maximum absolute atomic E-state index is 12.8. The molecule has 0 atom stereocenters. The lowest BCUT2D eigenvalue weighted by Crippen LogP contribution is -2.22. The number of fused-ring (bicyclic) bond motifs is 1. The van der Waals surface area contributed by atoms with Crippen LogP contribution in [0.25, 0.3) is 11.0 Å². The van der Waals surface area contributed by atoms with Crippen LogP contribution in [0.3, 0.4) is 0 Å².